The fourth-order valence-corrected chi connectivity index (χ4v) is 2.41. The van der Waals surface area contributed by atoms with E-state index < -0.39 is 11.6 Å². The summed E-state index contributed by atoms with van der Waals surface area (Å²) in [6.45, 7) is 6.78. The van der Waals surface area contributed by atoms with Gasteiger partial charge in [0.2, 0.25) is 0 Å². The highest BCUT2D eigenvalue weighted by molar-refractivity contribution is 5.76. The molecular weight excluding hydrogens is 222 g/mol. The summed E-state index contributed by atoms with van der Waals surface area (Å²) in [5, 5.41) is 8.87. The maximum Gasteiger partial charge on any atom is 0.410 e. The molecule has 1 N–H and O–H groups in total. The Balaban J connectivity index is 1.84. The van der Waals surface area contributed by atoms with Gasteiger partial charge in [-0.05, 0) is 32.1 Å². The predicted octanol–water partition coefficient (Wildman–Crippen LogP) is 1.57. The molecule has 0 aromatic rings. The average molecular weight is 241 g/mol. The summed E-state index contributed by atoms with van der Waals surface area (Å²) in [7, 11) is 0. The first kappa shape index (κ1) is 12.2. The van der Waals surface area contributed by atoms with Crippen LogP contribution >= 0.6 is 0 Å². The van der Waals surface area contributed by atoms with Crippen LogP contribution in [0, 0.1) is 17.8 Å². The van der Waals surface area contributed by atoms with E-state index in [0.717, 1.165) is 6.42 Å². The topological polar surface area (TPSA) is 66.8 Å². The van der Waals surface area contributed by atoms with Gasteiger partial charge in [0.15, 0.2) is 0 Å². The Bertz CT molecular complexity index is 340. The number of hydrogen-bond acceptors (Lipinski definition) is 3. The van der Waals surface area contributed by atoms with Gasteiger partial charge in [0.25, 0.3) is 0 Å². The SMILES string of the molecule is CCC(C)(C)OC(=O)N1C[C@@H]2C(C(=O)O)[C@@H]2C1. The molecule has 5 nitrogen and oxygen atoms in total. The smallest absolute Gasteiger partial charge is 0.410 e. The van der Waals surface area contributed by atoms with Crippen molar-refractivity contribution in [3.05, 3.63) is 0 Å². The zero-order valence-corrected chi connectivity index (χ0v) is 10.5. The quantitative estimate of drug-likeness (QED) is 0.814. The van der Waals surface area contributed by atoms with E-state index in [9.17, 15) is 9.59 Å². The zero-order valence-electron chi connectivity index (χ0n) is 10.5. The van der Waals surface area contributed by atoms with E-state index in [0.29, 0.717) is 13.1 Å². The standard InChI is InChI=1S/C12H19NO4/c1-4-12(2,3)17-11(16)13-5-7-8(6-13)9(7)10(14)15/h7-9H,4-6H2,1-3H3,(H,14,15)/t7-,8+,9?. The Morgan fingerprint density at radius 1 is 1.35 bits per heavy atom. The molecular formula is C12H19NO4. The number of carboxylic acids is 1. The third-order valence-corrected chi connectivity index (χ3v) is 3.95. The fraction of sp³-hybridized carbons (Fsp3) is 0.833. The van der Waals surface area contributed by atoms with Crippen molar-refractivity contribution in [3.8, 4) is 0 Å². The molecule has 1 saturated heterocycles. The number of amides is 1. The van der Waals surface area contributed by atoms with Gasteiger partial charge in [-0.3, -0.25) is 4.79 Å². The molecule has 5 heteroatoms. The Kier molecular flexibility index (Phi) is 2.79. The van der Waals surface area contributed by atoms with Crippen molar-refractivity contribution in [3.63, 3.8) is 0 Å². The molecule has 17 heavy (non-hydrogen) atoms. The lowest BCUT2D eigenvalue weighted by Gasteiger charge is -2.27. The zero-order chi connectivity index (χ0) is 12.8. The lowest BCUT2D eigenvalue weighted by Crippen LogP contribution is -2.38. The lowest BCUT2D eigenvalue weighted by molar-refractivity contribution is -0.139. The van der Waals surface area contributed by atoms with Gasteiger partial charge in [-0.2, -0.15) is 0 Å². The van der Waals surface area contributed by atoms with E-state index in [1.165, 1.54) is 0 Å². The Morgan fingerprint density at radius 2 is 1.88 bits per heavy atom. The first-order chi connectivity index (χ1) is 7.85. The molecule has 1 aliphatic carbocycles. The largest absolute Gasteiger partial charge is 0.481 e. The number of carbonyl (C=O) groups is 2. The van der Waals surface area contributed by atoms with Crippen molar-refractivity contribution in [2.75, 3.05) is 13.1 Å². The molecule has 0 spiro atoms. The van der Waals surface area contributed by atoms with Crippen LogP contribution in [0.25, 0.3) is 0 Å². The number of nitrogens with zero attached hydrogens (tertiary/aromatic N) is 1. The van der Waals surface area contributed by atoms with Gasteiger partial charge in [-0.25, -0.2) is 4.79 Å². The Labute approximate surface area is 101 Å². The van der Waals surface area contributed by atoms with Crippen molar-refractivity contribution in [1.29, 1.82) is 0 Å². The monoisotopic (exact) mass is 241 g/mol. The number of fused-ring (bicyclic) bond motifs is 1. The Hall–Kier alpha value is -1.26. The molecule has 0 radical (unpaired) electrons. The third-order valence-electron chi connectivity index (χ3n) is 3.95. The summed E-state index contributed by atoms with van der Waals surface area (Å²) in [4.78, 5) is 24.2. The molecule has 0 aromatic carbocycles. The maximum absolute atomic E-state index is 11.8. The summed E-state index contributed by atoms with van der Waals surface area (Å²) in [5.41, 5.74) is -0.448. The number of carbonyl (C=O) groups excluding carboxylic acids is 1. The number of ether oxygens (including phenoxy) is 1. The van der Waals surface area contributed by atoms with Crippen LogP contribution in [0.15, 0.2) is 0 Å². The van der Waals surface area contributed by atoms with Gasteiger partial charge in [0.05, 0.1) is 5.92 Å². The third kappa shape index (κ3) is 2.23. The predicted molar refractivity (Wildman–Crippen MR) is 60.5 cm³/mol. The molecule has 96 valence electrons. The van der Waals surface area contributed by atoms with Crippen molar-refractivity contribution in [1.82, 2.24) is 4.90 Å². The van der Waals surface area contributed by atoms with Gasteiger partial charge < -0.3 is 14.7 Å². The van der Waals surface area contributed by atoms with E-state index in [2.05, 4.69) is 0 Å². The van der Waals surface area contributed by atoms with E-state index in [1.807, 2.05) is 20.8 Å². The molecule has 2 aliphatic rings. The van der Waals surface area contributed by atoms with E-state index >= 15 is 0 Å². The number of hydrogen-bond donors (Lipinski definition) is 1. The summed E-state index contributed by atoms with van der Waals surface area (Å²) < 4.78 is 5.38. The van der Waals surface area contributed by atoms with Crippen molar-refractivity contribution in [2.24, 2.45) is 17.8 Å². The normalized spacial score (nSPS) is 31.0. The lowest BCUT2D eigenvalue weighted by atomic mass is 10.1. The van der Waals surface area contributed by atoms with Gasteiger partial charge in [-0.15, -0.1) is 0 Å². The van der Waals surface area contributed by atoms with Crippen LogP contribution in [0.3, 0.4) is 0 Å². The molecule has 1 unspecified atom stereocenters. The number of carboxylic acid groups (broad SMARTS) is 1. The van der Waals surface area contributed by atoms with Crippen LogP contribution in [-0.2, 0) is 9.53 Å². The molecule has 1 aliphatic heterocycles. The number of likely N-dealkylation sites (tertiary alicyclic amines) is 1. The van der Waals surface area contributed by atoms with Crippen LogP contribution < -0.4 is 0 Å². The summed E-state index contributed by atoms with van der Waals surface area (Å²) in [6.07, 6.45) is 0.449. The highest BCUT2D eigenvalue weighted by Gasteiger charge is 2.61. The molecule has 3 atom stereocenters. The molecule has 0 aromatic heterocycles. The van der Waals surface area contributed by atoms with Crippen molar-refractivity contribution in [2.45, 2.75) is 32.8 Å². The second-order valence-corrected chi connectivity index (χ2v) is 5.58. The van der Waals surface area contributed by atoms with Gasteiger partial charge in [0, 0.05) is 13.1 Å². The maximum atomic E-state index is 11.8. The van der Waals surface area contributed by atoms with Crippen LogP contribution in [0.5, 0.6) is 0 Å². The number of piperidine rings is 1. The van der Waals surface area contributed by atoms with Gasteiger partial charge >= 0.3 is 12.1 Å². The second-order valence-electron chi connectivity index (χ2n) is 5.58. The molecule has 0 bridgehead atoms. The van der Waals surface area contributed by atoms with E-state index in [-0.39, 0.29) is 23.8 Å². The minimum atomic E-state index is -0.734. The highest BCUT2D eigenvalue weighted by atomic mass is 16.6. The van der Waals surface area contributed by atoms with Crippen LogP contribution in [0.1, 0.15) is 27.2 Å². The average Bonchev–Trinajstić information content (AvgIpc) is 2.74. The summed E-state index contributed by atoms with van der Waals surface area (Å²) >= 11 is 0. The molecule has 1 saturated carbocycles. The van der Waals surface area contributed by atoms with E-state index in [4.69, 9.17) is 9.84 Å². The number of rotatable bonds is 3. The minimum Gasteiger partial charge on any atom is -0.481 e. The first-order valence-electron chi connectivity index (χ1n) is 6.06. The Morgan fingerprint density at radius 3 is 2.29 bits per heavy atom. The number of aliphatic carboxylic acids is 1. The molecule has 2 rings (SSSR count). The van der Waals surface area contributed by atoms with Gasteiger partial charge in [0.1, 0.15) is 5.60 Å². The second kappa shape index (κ2) is 3.89. The van der Waals surface area contributed by atoms with Crippen LogP contribution in [0.2, 0.25) is 0 Å². The summed E-state index contributed by atoms with van der Waals surface area (Å²) in [6, 6.07) is 0. The van der Waals surface area contributed by atoms with Crippen molar-refractivity contribution < 1.29 is 19.4 Å². The first-order valence-corrected chi connectivity index (χ1v) is 6.06. The minimum absolute atomic E-state index is 0.143. The van der Waals surface area contributed by atoms with Gasteiger partial charge in [-0.1, -0.05) is 6.92 Å². The molecule has 2 fully saturated rings. The molecule has 1 heterocycles. The van der Waals surface area contributed by atoms with Crippen molar-refractivity contribution >= 4 is 12.1 Å². The fourth-order valence-electron chi connectivity index (χ4n) is 2.41. The molecule has 1 amide bonds. The van der Waals surface area contributed by atoms with Crippen LogP contribution in [-0.4, -0.2) is 40.8 Å². The van der Waals surface area contributed by atoms with Crippen LogP contribution in [0.4, 0.5) is 4.79 Å². The van der Waals surface area contributed by atoms with E-state index in [1.54, 1.807) is 4.90 Å². The highest BCUT2D eigenvalue weighted by Crippen LogP contribution is 2.51. The summed E-state index contributed by atoms with van der Waals surface area (Å²) in [5.74, 6) is -0.685.